The molecule has 1 spiro atoms. The van der Waals surface area contributed by atoms with Crippen LogP contribution in [0.5, 0.6) is 0 Å². The minimum absolute atomic E-state index is 0.106. The maximum absolute atomic E-state index is 13.0. The van der Waals surface area contributed by atoms with Crippen LogP contribution in [-0.4, -0.2) is 66.9 Å². The maximum Gasteiger partial charge on any atom is 0.407 e. The van der Waals surface area contributed by atoms with Gasteiger partial charge in [0.25, 0.3) is 0 Å². The van der Waals surface area contributed by atoms with E-state index in [4.69, 9.17) is 4.74 Å². The number of aliphatic carboxylic acids is 1. The lowest BCUT2D eigenvalue weighted by Crippen LogP contribution is -2.56. The number of rotatable bonds is 5. The molecule has 1 saturated carbocycles. The monoisotopic (exact) mass is 342 g/mol. The Morgan fingerprint density at radius 3 is 2.38 bits per heavy atom. The van der Waals surface area contributed by atoms with Crippen LogP contribution in [0.25, 0.3) is 0 Å². The number of carboxylic acids is 1. The molecule has 3 atom stereocenters. The van der Waals surface area contributed by atoms with Crippen LogP contribution in [-0.2, 0) is 19.1 Å². The fourth-order valence-electron chi connectivity index (χ4n) is 3.88. The highest BCUT2D eigenvalue weighted by Gasteiger charge is 2.51. The number of likely N-dealkylation sites (tertiary alicyclic amines) is 1. The molecule has 0 aromatic rings. The molecule has 8 nitrogen and oxygen atoms in total. The van der Waals surface area contributed by atoms with Gasteiger partial charge in [-0.2, -0.15) is 0 Å². The summed E-state index contributed by atoms with van der Waals surface area (Å²) in [6.45, 7) is 2.06. The first-order valence-corrected chi connectivity index (χ1v) is 8.24. The molecular formula is C16H26N2O6. The van der Waals surface area contributed by atoms with Crippen molar-refractivity contribution in [2.24, 2.45) is 5.41 Å². The second kappa shape index (κ2) is 7.38. The molecule has 0 aromatic heterocycles. The molecule has 0 unspecified atom stereocenters. The molecule has 1 heterocycles. The number of alkyl carbamates (subject to hydrolysis) is 1. The van der Waals surface area contributed by atoms with Crippen molar-refractivity contribution >= 4 is 18.0 Å². The number of carboxylic acid groups (broad SMARTS) is 1. The molecule has 0 bridgehead atoms. The molecule has 1 saturated heterocycles. The zero-order valence-corrected chi connectivity index (χ0v) is 14.4. The number of hydrogen-bond donors (Lipinski definition) is 2. The van der Waals surface area contributed by atoms with E-state index in [0.29, 0.717) is 13.0 Å². The molecule has 2 amide bonds. The van der Waals surface area contributed by atoms with Crippen molar-refractivity contribution in [2.45, 2.75) is 57.2 Å². The van der Waals surface area contributed by atoms with Gasteiger partial charge in [-0.05, 0) is 31.6 Å². The molecule has 136 valence electrons. The van der Waals surface area contributed by atoms with E-state index >= 15 is 0 Å². The fourth-order valence-corrected chi connectivity index (χ4v) is 3.88. The van der Waals surface area contributed by atoms with Crippen LogP contribution < -0.4 is 5.32 Å². The van der Waals surface area contributed by atoms with Gasteiger partial charge < -0.3 is 24.8 Å². The van der Waals surface area contributed by atoms with Gasteiger partial charge >= 0.3 is 12.1 Å². The Morgan fingerprint density at radius 2 is 1.88 bits per heavy atom. The van der Waals surface area contributed by atoms with Crippen molar-refractivity contribution in [1.82, 2.24) is 10.2 Å². The fraction of sp³-hybridized carbons (Fsp3) is 0.812. The van der Waals surface area contributed by atoms with E-state index in [1.54, 1.807) is 6.92 Å². The number of hydrogen-bond acceptors (Lipinski definition) is 5. The van der Waals surface area contributed by atoms with Gasteiger partial charge in [0.15, 0.2) is 0 Å². The summed E-state index contributed by atoms with van der Waals surface area (Å²) in [5.41, 5.74) is -0.106. The van der Waals surface area contributed by atoms with Gasteiger partial charge in [0, 0.05) is 13.7 Å². The number of amides is 2. The molecule has 2 fully saturated rings. The number of carbonyl (C=O) groups excluding carboxylic acids is 2. The average molecular weight is 342 g/mol. The third kappa shape index (κ3) is 3.63. The average Bonchev–Trinajstić information content (AvgIpc) is 3.18. The van der Waals surface area contributed by atoms with Crippen LogP contribution in [0.4, 0.5) is 4.79 Å². The number of methoxy groups -OCH3 is 2. The van der Waals surface area contributed by atoms with Crippen molar-refractivity contribution in [3.63, 3.8) is 0 Å². The molecule has 1 aliphatic heterocycles. The molecule has 2 N–H and O–H groups in total. The number of carbonyl (C=O) groups is 3. The van der Waals surface area contributed by atoms with Crippen LogP contribution >= 0.6 is 0 Å². The quantitative estimate of drug-likeness (QED) is 0.772. The highest BCUT2D eigenvalue weighted by molar-refractivity contribution is 5.90. The zero-order chi connectivity index (χ0) is 17.9. The lowest BCUT2D eigenvalue weighted by Gasteiger charge is -2.30. The van der Waals surface area contributed by atoms with Gasteiger partial charge in [-0.15, -0.1) is 0 Å². The Bertz CT molecular complexity index is 503. The summed E-state index contributed by atoms with van der Waals surface area (Å²) >= 11 is 0. The standard InChI is InChI=1S/C16H26N2O6/c1-10(23-2)12(17-15(22)24-3)13(19)18-9-16(6-4-5-7-16)8-11(18)14(20)21/h10-12H,4-9H2,1-3H3,(H,17,22)(H,20,21)/t10-,11+,12+/m1/s1. The molecule has 1 aliphatic carbocycles. The van der Waals surface area contributed by atoms with E-state index in [1.165, 1.54) is 19.1 Å². The third-order valence-electron chi connectivity index (χ3n) is 5.31. The Balaban J connectivity index is 2.22. The van der Waals surface area contributed by atoms with Gasteiger partial charge in [0.05, 0.1) is 13.2 Å². The van der Waals surface area contributed by atoms with E-state index in [1.807, 2.05) is 0 Å². The second-order valence-corrected chi connectivity index (χ2v) is 6.79. The highest BCUT2D eigenvalue weighted by Crippen LogP contribution is 2.48. The zero-order valence-electron chi connectivity index (χ0n) is 14.4. The molecule has 0 aromatic carbocycles. The lowest BCUT2D eigenvalue weighted by molar-refractivity contribution is -0.150. The minimum Gasteiger partial charge on any atom is -0.480 e. The van der Waals surface area contributed by atoms with E-state index < -0.39 is 36.2 Å². The first-order chi connectivity index (χ1) is 11.3. The van der Waals surface area contributed by atoms with Crippen LogP contribution in [0, 0.1) is 5.41 Å². The van der Waals surface area contributed by atoms with Gasteiger partial charge in [-0.25, -0.2) is 9.59 Å². The van der Waals surface area contributed by atoms with E-state index in [2.05, 4.69) is 10.1 Å². The molecular weight excluding hydrogens is 316 g/mol. The minimum atomic E-state index is -1.01. The highest BCUT2D eigenvalue weighted by atomic mass is 16.5. The molecule has 24 heavy (non-hydrogen) atoms. The van der Waals surface area contributed by atoms with Crippen molar-refractivity contribution in [2.75, 3.05) is 20.8 Å². The summed E-state index contributed by atoms with van der Waals surface area (Å²) in [6.07, 6.45) is 3.12. The summed E-state index contributed by atoms with van der Waals surface area (Å²) in [7, 11) is 2.64. The summed E-state index contributed by atoms with van der Waals surface area (Å²) in [6, 6.07) is -1.84. The summed E-state index contributed by atoms with van der Waals surface area (Å²) in [4.78, 5) is 37.6. The predicted octanol–water partition coefficient (Wildman–Crippen LogP) is 0.992. The topological polar surface area (TPSA) is 105 Å². The summed E-state index contributed by atoms with van der Waals surface area (Å²) in [5, 5.41) is 12.0. The third-order valence-corrected chi connectivity index (χ3v) is 5.31. The van der Waals surface area contributed by atoms with Crippen LogP contribution in [0.15, 0.2) is 0 Å². The second-order valence-electron chi connectivity index (χ2n) is 6.79. The first-order valence-electron chi connectivity index (χ1n) is 8.24. The maximum atomic E-state index is 13.0. The van der Waals surface area contributed by atoms with E-state index in [0.717, 1.165) is 25.7 Å². The van der Waals surface area contributed by atoms with Crippen molar-refractivity contribution in [3.05, 3.63) is 0 Å². The number of nitrogens with one attached hydrogen (secondary N) is 1. The van der Waals surface area contributed by atoms with E-state index in [9.17, 15) is 19.5 Å². The van der Waals surface area contributed by atoms with Crippen LogP contribution in [0.2, 0.25) is 0 Å². The summed E-state index contributed by atoms with van der Waals surface area (Å²) < 4.78 is 9.75. The van der Waals surface area contributed by atoms with Crippen LogP contribution in [0.3, 0.4) is 0 Å². The number of ether oxygens (including phenoxy) is 2. The Labute approximate surface area is 141 Å². The molecule has 0 radical (unpaired) electrons. The normalized spacial score (nSPS) is 24.6. The van der Waals surface area contributed by atoms with E-state index in [-0.39, 0.29) is 5.41 Å². The van der Waals surface area contributed by atoms with Gasteiger partial charge in [0.1, 0.15) is 12.1 Å². The molecule has 2 aliphatic rings. The van der Waals surface area contributed by atoms with Crippen molar-refractivity contribution in [1.29, 1.82) is 0 Å². The van der Waals surface area contributed by atoms with Gasteiger partial charge in [-0.3, -0.25) is 4.79 Å². The van der Waals surface area contributed by atoms with Crippen molar-refractivity contribution < 1.29 is 29.0 Å². The SMILES string of the molecule is COC(=O)N[C@H](C(=O)N1CC2(CCCC2)C[C@H]1C(=O)O)[C@@H](C)OC. The lowest BCUT2D eigenvalue weighted by atomic mass is 9.84. The number of nitrogens with zero attached hydrogens (tertiary/aromatic N) is 1. The van der Waals surface area contributed by atoms with Crippen LogP contribution in [0.1, 0.15) is 39.0 Å². The summed E-state index contributed by atoms with van der Waals surface area (Å²) in [5.74, 6) is -1.44. The van der Waals surface area contributed by atoms with Gasteiger partial charge in [0.2, 0.25) is 5.91 Å². The Kier molecular flexibility index (Phi) is 5.69. The Hall–Kier alpha value is -1.83. The Morgan fingerprint density at radius 1 is 1.25 bits per heavy atom. The van der Waals surface area contributed by atoms with Crippen molar-refractivity contribution in [3.8, 4) is 0 Å². The van der Waals surface area contributed by atoms with Gasteiger partial charge in [-0.1, -0.05) is 12.8 Å². The predicted molar refractivity (Wildman–Crippen MR) is 84.5 cm³/mol. The first kappa shape index (κ1) is 18.5. The molecule has 2 rings (SSSR count). The smallest absolute Gasteiger partial charge is 0.407 e. The molecule has 8 heteroatoms. The largest absolute Gasteiger partial charge is 0.480 e.